The molecule has 0 radical (unpaired) electrons. The zero-order valence-corrected chi connectivity index (χ0v) is 16.3. The Bertz CT molecular complexity index is 690. The summed E-state index contributed by atoms with van der Waals surface area (Å²) >= 11 is 0. The second-order valence-corrected chi connectivity index (χ2v) is 8.53. The first-order valence-electron chi connectivity index (χ1n) is 9.65. The number of benzene rings is 1. The molecule has 0 aromatic heterocycles. The molecule has 1 saturated carbocycles. The second-order valence-electron chi connectivity index (χ2n) is 8.53. The summed E-state index contributed by atoms with van der Waals surface area (Å²) in [6, 6.07) is 7.08. The van der Waals surface area contributed by atoms with Crippen LogP contribution in [0.15, 0.2) is 24.3 Å². The number of carbonyl (C=O) groups excluding carboxylic acids is 1. The third-order valence-electron chi connectivity index (χ3n) is 5.14. The third-order valence-corrected chi connectivity index (χ3v) is 5.14. The molecule has 3 rings (SSSR count). The highest BCUT2D eigenvalue weighted by Gasteiger charge is 2.46. The van der Waals surface area contributed by atoms with Gasteiger partial charge in [-0.15, -0.1) is 0 Å². The first kappa shape index (κ1) is 19.7. The van der Waals surface area contributed by atoms with Crippen LogP contribution in [0.1, 0.15) is 61.9 Å². The molecule has 0 unspecified atom stereocenters. The van der Waals surface area contributed by atoms with Gasteiger partial charge in [0.25, 0.3) is 0 Å². The average molecular weight is 375 g/mol. The van der Waals surface area contributed by atoms with Crippen LogP contribution >= 0.6 is 0 Å². The van der Waals surface area contributed by atoms with Crippen LogP contribution in [-0.2, 0) is 9.47 Å². The Morgan fingerprint density at radius 2 is 1.96 bits per heavy atom. The Hall–Kier alpha value is -2.08. The number of ether oxygens (including phenoxy) is 2. The SMILES string of the molecule is CC(C)(C)OC(=O)N(CC1CCOCC1)[C@@H]1C[C@H]1c1cccc(C(=O)O)c1. The summed E-state index contributed by atoms with van der Waals surface area (Å²) in [6.07, 6.45) is 2.46. The lowest BCUT2D eigenvalue weighted by Crippen LogP contribution is -2.42. The van der Waals surface area contributed by atoms with E-state index in [1.54, 1.807) is 18.2 Å². The van der Waals surface area contributed by atoms with Crippen LogP contribution in [0.25, 0.3) is 0 Å². The van der Waals surface area contributed by atoms with Crippen molar-refractivity contribution >= 4 is 12.1 Å². The Kier molecular flexibility index (Phi) is 5.75. The Labute approximate surface area is 160 Å². The number of amides is 1. The number of aromatic carboxylic acids is 1. The number of carbonyl (C=O) groups is 2. The van der Waals surface area contributed by atoms with E-state index in [2.05, 4.69) is 0 Å². The zero-order valence-electron chi connectivity index (χ0n) is 16.3. The van der Waals surface area contributed by atoms with E-state index in [0.29, 0.717) is 12.5 Å². The maximum absolute atomic E-state index is 12.8. The largest absolute Gasteiger partial charge is 0.478 e. The van der Waals surface area contributed by atoms with Gasteiger partial charge in [-0.1, -0.05) is 12.1 Å². The Morgan fingerprint density at radius 3 is 2.59 bits per heavy atom. The standard InChI is InChI=1S/C21H29NO5/c1-21(2,3)27-20(25)22(13-14-7-9-26-10-8-14)18-12-17(18)15-5-4-6-16(11-15)19(23)24/h4-6,11,14,17-18H,7-10,12-13H2,1-3H3,(H,23,24)/t17-,18+/m0/s1. The molecule has 1 aliphatic carbocycles. The van der Waals surface area contributed by atoms with E-state index in [1.165, 1.54) is 0 Å². The van der Waals surface area contributed by atoms with E-state index in [4.69, 9.17) is 9.47 Å². The van der Waals surface area contributed by atoms with Crippen molar-refractivity contribution < 1.29 is 24.2 Å². The molecule has 148 valence electrons. The summed E-state index contributed by atoms with van der Waals surface area (Å²) in [4.78, 5) is 25.9. The number of carboxylic acid groups (broad SMARTS) is 1. The van der Waals surface area contributed by atoms with Crippen LogP contribution in [0.2, 0.25) is 0 Å². The van der Waals surface area contributed by atoms with Crippen LogP contribution in [0.5, 0.6) is 0 Å². The van der Waals surface area contributed by atoms with Crippen molar-refractivity contribution in [3.05, 3.63) is 35.4 Å². The topological polar surface area (TPSA) is 76.1 Å². The lowest BCUT2D eigenvalue weighted by atomic mass is 9.99. The third kappa shape index (κ3) is 5.22. The van der Waals surface area contributed by atoms with E-state index in [1.807, 2.05) is 31.7 Å². The quantitative estimate of drug-likeness (QED) is 0.844. The molecule has 1 N–H and O–H groups in total. The monoisotopic (exact) mass is 375 g/mol. The van der Waals surface area contributed by atoms with Gasteiger partial charge in [0.05, 0.1) is 5.56 Å². The molecule has 1 aromatic rings. The molecule has 2 fully saturated rings. The van der Waals surface area contributed by atoms with Gasteiger partial charge in [-0.3, -0.25) is 0 Å². The fraction of sp³-hybridized carbons (Fsp3) is 0.619. The summed E-state index contributed by atoms with van der Waals surface area (Å²) in [5.74, 6) is -0.352. The van der Waals surface area contributed by atoms with Gasteiger partial charge in [0.1, 0.15) is 5.60 Å². The predicted octanol–water partition coefficient (Wildman–Crippen LogP) is 3.90. The summed E-state index contributed by atoms with van der Waals surface area (Å²) in [7, 11) is 0. The first-order valence-corrected chi connectivity index (χ1v) is 9.65. The molecule has 2 atom stereocenters. The minimum atomic E-state index is -0.930. The summed E-state index contributed by atoms with van der Waals surface area (Å²) in [5.41, 5.74) is 0.713. The molecular formula is C21H29NO5. The van der Waals surface area contributed by atoms with Crippen LogP contribution in [0.3, 0.4) is 0 Å². The van der Waals surface area contributed by atoms with Crippen molar-refractivity contribution in [3.63, 3.8) is 0 Å². The van der Waals surface area contributed by atoms with Gasteiger partial charge in [0, 0.05) is 31.7 Å². The Morgan fingerprint density at radius 1 is 1.26 bits per heavy atom. The molecule has 1 saturated heterocycles. The minimum Gasteiger partial charge on any atom is -0.478 e. The van der Waals surface area contributed by atoms with E-state index >= 15 is 0 Å². The highest BCUT2D eigenvalue weighted by molar-refractivity contribution is 5.87. The van der Waals surface area contributed by atoms with E-state index < -0.39 is 11.6 Å². The summed E-state index contributed by atoms with van der Waals surface area (Å²) in [6.45, 7) is 7.76. The van der Waals surface area contributed by atoms with E-state index in [-0.39, 0.29) is 23.6 Å². The molecule has 27 heavy (non-hydrogen) atoms. The summed E-state index contributed by atoms with van der Waals surface area (Å²) in [5, 5.41) is 9.22. The Balaban J connectivity index is 1.73. The molecule has 1 aliphatic heterocycles. The van der Waals surface area contributed by atoms with Crippen molar-refractivity contribution in [1.82, 2.24) is 4.90 Å². The molecule has 2 aliphatic rings. The highest BCUT2D eigenvalue weighted by atomic mass is 16.6. The molecule has 1 heterocycles. The van der Waals surface area contributed by atoms with Crippen molar-refractivity contribution in [2.45, 2.75) is 57.6 Å². The molecule has 6 nitrogen and oxygen atoms in total. The van der Waals surface area contributed by atoms with E-state index in [0.717, 1.165) is 38.0 Å². The highest BCUT2D eigenvalue weighted by Crippen LogP contribution is 2.46. The van der Waals surface area contributed by atoms with Crippen LogP contribution in [0, 0.1) is 5.92 Å². The van der Waals surface area contributed by atoms with E-state index in [9.17, 15) is 14.7 Å². The van der Waals surface area contributed by atoms with Crippen molar-refractivity contribution in [3.8, 4) is 0 Å². The van der Waals surface area contributed by atoms with Gasteiger partial charge in [-0.25, -0.2) is 9.59 Å². The second kappa shape index (κ2) is 7.89. The number of carboxylic acids is 1. The van der Waals surface area contributed by atoms with Crippen LogP contribution in [0.4, 0.5) is 4.79 Å². The summed E-state index contributed by atoms with van der Waals surface area (Å²) < 4.78 is 11.1. The maximum Gasteiger partial charge on any atom is 0.410 e. The number of hydrogen-bond donors (Lipinski definition) is 1. The average Bonchev–Trinajstić information content (AvgIpc) is 3.39. The van der Waals surface area contributed by atoms with Crippen molar-refractivity contribution in [2.24, 2.45) is 5.92 Å². The zero-order chi connectivity index (χ0) is 19.6. The van der Waals surface area contributed by atoms with Gasteiger partial charge in [0.15, 0.2) is 0 Å². The number of hydrogen-bond acceptors (Lipinski definition) is 4. The number of nitrogens with zero attached hydrogens (tertiary/aromatic N) is 1. The molecule has 0 bridgehead atoms. The van der Waals surface area contributed by atoms with Gasteiger partial charge in [-0.2, -0.15) is 0 Å². The fourth-order valence-electron chi connectivity index (χ4n) is 3.66. The lowest BCUT2D eigenvalue weighted by Gasteiger charge is -2.32. The van der Waals surface area contributed by atoms with Gasteiger partial charge in [0.2, 0.25) is 0 Å². The maximum atomic E-state index is 12.8. The molecule has 1 amide bonds. The molecule has 6 heteroatoms. The van der Waals surface area contributed by atoms with Crippen LogP contribution < -0.4 is 0 Å². The van der Waals surface area contributed by atoms with Crippen molar-refractivity contribution in [2.75, 3.05) is 19.8 Å². The first-order chi connectivity index (χ1) is 12.7. The lowest BCUT2D eigenvalue weighted by molar-refractivity contribution is 0.0100. The van der Waals surface area contributed by atoms with Crippen molar-refractivity contribution in [1.29, 1.82) is 0 Å². The normalized spacial score (nSPS) is 22.9. The van der Waals surface area contributed by atoms with Gasteiger partial charge in [-0.05, 0) is 63.6 Å². The molecule has 0 spiro atoms. The fourth-order valence-corrected chi connectivity index (χ4v) is 3.66. The minimum absolute atomic E-state index is 0.0618. The number of rotatable bonds is 5. The molecule has 1 aromatic carbocycles. The van der Waals surface area contributed by atoms with Crippen LogP contribution in [-0.4, -0.2) is 53.5 Å². The van der Waals surface area contributed by atoms with Gasteiger partial charge < -0.3 is 19.5 Å². The molecular weight excluding hydrogens is 346 g/mol. The smallest absolute Gasteiger partial charge is 0.410 e. The predicted molar refractivity (Wildman–Crippen MR) is 101 cm³/mol. The van der Waals surface area contributed by atoms with Gasteiger partial charge >= 0.3 is 12.1 Å².